The highest BCUT2D eigenvalue weighted by atomic mass is 79.9. The van der Waals surface area contributed by atoms with Crippen molar-refractivity contribution in [3.8, 4) is 11.5 Å². The largest absolute Gasteiger partial charge is 0.493 e. The summed E-state index contributed by atoms with van der Waals surface area (Å²) in [5.41, 5.74) is 3.24. The van der Waals surface area contributed by atoms with Crippen molar-refractivity contribution in [1.29, 1.82) is 0 Å². The lowest BCUT2D eigenvalue weighted by Gasteiger charge is -2.09. The van der Waals surface area contributed by atoms with Gasteiger partial charge in [0.1, 0.15) is 11.5 Å². The molecule has 1 N–H and O–H groups in total. The molecule has 3 rings (SSSR count). The van der Waals surface area contributed by atoms with Crippen LogP contribution < -0.4 is 14.9 Å². The maximum atomic E-state index is 12.0. The van der Waals surface area contributed by atoms with Crippen LogP contribution in [0.3, 0.4) is 0 Å². The summed E-state index contributed by atoms with van der Waals surface area (Å²) in [5.74, 6) is 1.02. The van der Waals surface area contributed by atoms with E-state index in [0.717, 1.165) is 20.8 Å². The number of ether oxygens (including phenoxy) is 2. The third-order valence-corrected chi connectivity index (χ3v) is 4.27. The van der Waals surface area contributed by atoms with E-state index >= 15 is 0 Å². The summed E-state index contributed by atoms with van der Waals surface area (Å²) >= 11 is 3.41. The van der Waals surface area contributed by atoms with E-state index in [9.17, 15) is 4.79 Å². The highest BCUT2D eigenvalue weighted by Crippen LogP contribution is 2.25. The summed E-state index contributed by atoms with van der Waals surface area (Å²) in [4.78, 5) is 12.0. The Bertz CT molecular complexity index is 967. The number of halogens is 1. The Morgan fingerprint density at radius 1 is 1.07 bits per heavy atom. The van der Waals surface area contributed by atoms with Gasteiger partial charge in [-0.2, -0.15) is 5.10 Å². The van der Waals surface area contributed by atoms with E-state index in [-0.39, 0.29) is 12.5 Å². The summed E-state index contributed by atoms with van der Waals surface area (Å²) in [6.45, 7) is 2.34. The average Bonchev–Trinajstić information content (AvgIpc) is 2.68. The molecule has 0 radical (unpaired) electrons. The van der Waals surface area contributed by atoms with E-state index in [1.54, 1.807) is 6.21 Å². The minimum Gasteiger partial charge on any atom is -0.493 e. The molecule has 0 spiro atoms. The Hall–Kier alpha value is -2.86. The second kappa shape index (κ2) is 9.19. The van der Waals surface area contributed by atoms with Gasteiger partial charge in [0.05, 0.1) is 12.8 Å². The molecule has 27 heavy (non-hydrogen) atoms. The van der Waals surface area contributed by atoms with Crippen molar-refractivity contribution >= 4 is 38.8 Å². The average molecular weight is 427 g/mol. The topological polar surface area (TPSA) is 59.9 Å². The molecule has 6 heteroatoms. The van der Waals surface area contributed by atoms with Crippen LogP contribution in [-0.4, -0.2) is 25.3 Å². The summed E-state index contributed by atoms with van der Waals surface area (Å²) in [7, 11) is 0. The van der Waals surface area contributed by atoms with Crippen LogP contribution in [0, 0.1) is 0 Å². The zero-order valence-electron chi connectivity index (χ0n) is 14.8. The number of benzene rings is 3. The second-order valence-electron chi connectivity index (χ2n) is 5.67. The molecule has 0 aliphatic carbocycles. The lowest BCUT2D eigenvalue weighted by Crippen LogP contribution is -2.24. The number of hydrazone groups is 1. The number of hydrogen-bond donors (Lipinski definition) is 1. The van der Waals surface area contributed by atoms with Crippen LogP contribution >= 0.6 is 15.9 Å². The van der Waals surface area contributed by atoms with E-state index in [2.05, 4.69) is 26.5 Å². The summed E-state index contributed by atoms with van der Waals surface area (Å²) in [6, 6.07) is 19.2. The molecule has 3 aromatic rings. The summed E-state index contributed by atoms with van der Waals surface area (Å²) < 4.78 is 12.1. The molecule has 5 nitrogen and oxygen atoms in total. The number of carbonyl (C=O) groups is 1. The van der Waals surface area contributed by atoms with Crippen LogP contribution in [0.1, 0.15) is 12.5 Å². The normalized spacial score (nSPS) is 10.9. The quantitative estimate of drug-likeness (QED) is 0.445. The molecule has 0 aromatic heterocycles. The van der Waals surface area contributed by atoms with Crippen molar-refractivity contribution in [2.75, 3.05) is 13.2 Å². The van der Waals surface area contributed by atoms with Crippen molar-refractivity contribution in [3.05, 3.63) is 70.7 Å². The Morgan fingerprint density at radius 2 is 1.89 bits per heavy atom. The lowest BCUT2D eigenvalue weighted by atomic mass is 10.1. The van der Waals surface area contributed by atoms with Gasteiger partial charge in [-0.3, -0.25) is 4.79 Å². The Labute approximate surface area is 166 Å². The highest BCUT2D eigenvalue weighted by Gasteiger charge is 2.06. The molecule has 0 aliphatic heterocycles. The van der Waals surface area contributed by atoms with Gasteiger partial charge in [-0.25, -0.2) is 5.43 Å². The maximum absolute atomic E-state index is 12.0. The number of hydrogen-bond acceptors (Lipinski definition) is 4. The first-order valence-electron chi connectivity index (χ1n) is 8.52. The van der Waals surface area contributed by atoms with E-state index in [1.807, 2.05) is 67.6 Å². The molecular weight excluding hydrogens is 408 g/mol. The van der Waals surface area contributed by atoms with Gasteiger partial charge in [0.2, 0.25) is 0 Å². The van der Waals surface area contributed by atoms with Gasteiger partial charge in [-0.15, -0.1) is 0 Å². The SMILES string of the molecule is CCOc1ccc(Br)cc1/C=N\NC(=O)COc1cccc2ccccc12. The first-order chi connectivity index (χ1) is 13.2. The minimum atomic E-state index is -0.341. The van der Waals surface area contributed by atoms with Crippen LogP contribution in [0.25, 0.3) is 10.8 Å². The van der Waals surface area contributed by atoms with Gasteiger partial charge in [0, 0.05) is 15.4 Å². The third-order valence-electron chi connectivity index (χ3n) is 3.77. The first-order valence-corrected chi connectivity index (χ1v) is 9.31. The second-order valence-corrected chi connectivity index (χ2v) is 6.59. The van der Waals surface area contributed by atoms with Crippen LogP contribution in [0.5, 0.6) is 11.5 Å². The monoisotopic (exact) mass is 426 g/mol. The van der Waals surface area contributed by atoms with Gasteiger partial charge >= 0.3 is 0 Å². The summed E-state index contributed by atoms with van der Waals surface area (Å²) in [6.07, 6.45) is 1.55. The van der Waals surface area contributed by atoms with Crippen molar-refractivity contribution in [1.82, 2.24) is 5.43 Å². The predicted molar refractivity (Wildman–Crippen MR) is 110 cm³/mol. The standard InChI is InChI=1S/C21H19BrN2O3/c1-2-26-19-11-10-17(22)12-16(19)13-23-24-21(25)14-27-20-9-5-7-15-6-3-4-8-18(15)20/h3-13H,2,14H2,1H3,(H,24,25)/b23-13-. The highest BCUT2D eigenvalue weighted by molar-refractivity contribution is 9.10. The number of rotatable bonds is 7. The van der Waals surface area contributed by atoms with E-state index in [1.165, 1.54) is 0 Å². The Morgan fingerprint density at radius 3 is 2.74 bits per heavy atom. The van der Waals surface area contributed by atoms with Gasteiger partial charge in [0.15, 0.2) is 6.61 Å². The lowest BCUT2D eigenvalue weighted by molar-refractivity contribution is -0.123. The number of amides is 1. The molecule has 0 aliphatic rings. The number of fused-ring (bicyclic) bond motifs is 1. The fraction of sp³-hybridized carbons (Fsp3) is 0.143. The van der Waals surface area contributed by atoms with Gasteiger partial charge in [-0.05, 0) is 36.6 Å². The molecule has 0 saturated carbocycles. The maximum Gasteiger partial charge on any atom is 0.277 e. The van der Waals surface area contributed by atoms with Crippen molar-refractivity contribution in [2.24, 2.45) is 5.10 Å². The molecule has 0 unspecified atom stereocenters. The zero-order valence-corrected chi connectivity index (χ0v) is 16.4. The number of carbonyl (C=O) groups excluding carboxylic acids is 1. The molecule has 0 bridgehead atoms. The van der Waals surface area contributed by atoms with Crippen molar-refractivity contribution < 1.29 is 14.3 Å². The minimum absolute atomic E-state index is 0.123. The molecule has 1 amide bonds. The van der Waals surface area contributed by atoms with E-state index in [0.29, 0.717) is 18.1 Å². The van der Waals surface area contributed by atoms with E-state index < -0.39 is 0 Å². The molecule has 0 fully saturated rings. The number of nitrogens with zero attached hydrogens (tertiary/aromatic N) is 1. The van der Waals surface area contributed by atoms with Gasteiger partial charge in [0.25, 0.3) is 5.91 Å². The molecule has 0 saturated heterocycles. The fourth-order valence-corrected chi connectivity index (χ4v) is 2.96. The Kier molecular flexibility index (Phi) is 6.44. The van der Waals surface area contributed by atoms with Crippen molar-refractivity contribution in [3.63, 3.8) is 0 Å². The Balaban J connectivity index is 1.60. The fourth-order valence-electron chi connectivity index (χ4n) is 2.58. The molecule has 0 heterocycles. The molecule has 3 aromatic carbocycles. The van der Waals surface area contributed by atoms with Crippen LogP contribution in [-0.2, 0) is 4.79 Å². The molecular formula is C21H19BrN2O3. The van der Waals surface area contributed by atoms with Crippen LogP contribution in [0.15, 0.2) is 70.2 Å². The van der Waals surface area contributed by atoms with Crippen LogP contribution in [0.2, 0.25) is 0 Å². The zero-order chi connectivity index (χ0) is 19.1. The van der Waals surface area contributed by atoms with E-state index in [4.69, 9.17) is 9.47 Å². The predicted octanol–water partition coefficient (Wildman–Crippen LogP) is 4.53. The smallest absolute Gasteiger partial charge is 0.277 e. The molecule has 138 valence electrons. The third kappa shape index (κ3) is 5.08. The summed E-state index contributed by atoms with van der Waals surface area (Å²) in [5, 5.41) is 6.02. The van der Waals surface area contributed by atoms with Crippen molar-refractivity contribution in [2.45, 2.75) is 6.92 Å². The first kappa shape index (κ1) is 18.9. The van der Waals surface area contributed by atoms with Gasteiger partial charge in [-0.1, -0.05) is 52.3 Å². The van der Waals surface area contributed by atoms with Crippen LogP contribution in [0.4, 0.5) is 0 Å². The number of nitrogens with one attached hydrogen (secondary N) is 1. The molecule has 0 atom stereocenters. The van der Waals surface area contributed by atoms with Gasteiger partial charge < -0.3 is 9.47 Å².